The van der Waals surface area contributed by atoms with Crippen molar-refractivity contribution in [2.45, 2.75) is 25.8 Å². The Balaban J connectivity index is 1.81. The number of aromatic nitrogens is 2. The first-order valence-corrected chi connectivity index (χ1v) is 13.0. The van der Waals surface area contributed by atoms with Crippen molar-refractivity contribution in [1.82, 2.24) is 14.7 Å². The van der Waals surface area contributed by atoms with E-state index in [-0.39, 0.29) is 16.5 Å². The minimum Gasteiger partial charge on any atom is -0.496 e. The molecule has 4 rings (SSSR count). The number of carbonyl (C=O) groups is 1. The van der Waals surface area contributed by atoms with Gasteiger partial charge in [0.1, 0.15) is 17.1 Å². The summed E-state index contributed by atoms with van der Waals surface area (Å²) < 4.78 is 39.2. The second-order valence-corrected chi connectivity index (χ2v) is 10.4. The summed E-state index contributed by atoms with van der Waals surface area (Å²) >= 11 is 6.11. The molecule has 1 N–H and O–H groups in total. The number of nitrogens with one attached hydrogen (secondary N) is 1. The minimum absolute atomic E-state index is 0.0710. The van der Waals surface area contributed by atoms with E-state index in [1.54, 1.807) is 30.3 Å². The van der Waals surface area contributed by atoms with Crippen LogP contribution in [0.5, 0.6) is 17.4 Å². The van der Waals surface area contributed by atoms with Gasteiger partial charge in [0.25, 0.3) is 15.9 Å². The van der Waals surface area contributed by atoms with E-state index >= 15 is 0 Å². The molecule has 8 nitrogen and oxygen atoms in total. The molecular formula is C27H24ClN3O5S. The fourth-order valence-corrected chi connectivity index (χ4v) is 4.96. The molecule has 2 aromatic heterocycles. The lowest BCUT2D eigenvalue weighted by Gasteiger charge is -2.16. The van der Waals surface area contributed by atoms with Crippen molar-refractivity contribution in [2.75, 3.05) is 7.11 Å². The molecule has 0 unspecified atom stereocenters. The van der Waals surface area contributed by atoms with Crippen molar-refractivity contribution < 1.29 is 22.7 Å². The smallest absolute Gasteiger partial charge is 0.281 e. The molecule has 37 heavy (non-hydrogen) atoms. The van der Waals surface area contributed by atoms with Gasteiger partial charge in [-0.15, -0.1) is 0 Å². The zero-order chi connectivity index (χ0) is 26.7. The van der Waals surface area contributed by atoms with E-state index in [2.05, 4.69) is 14.7 Å². The van der Waals surface area contributed by atoms with Gasteiger partial charge < -0.3 is 9.47 Å². The number of carbonyl (C=O) groups excluding carboxylic acids is 1. The molecule has 0 spiro atoms. The molecule has 0 saturated carbocycles. The highest BCUT2D eigenvalue weighted by molar-refractivity contribution is 7.90. The minimum atomic E-state index is -4.23. The van der Waals surface area contributed by atoms with Crippen LogP contribution in [0.4, 0.5) is 0 Å². The van der Waals surface area contributed by atoms with Crippen molar-refractivity contribution >= 4 is 27.5 Å². The van der Waals surface area contributed by atoms with Crippen LogP contribution in [0.3, 0.4) is 0 Å². The quantitative estimate of drug-likeness (QED) is 0.325. The molecule has 0 atom stereocenters. The van der Waals surface area contributed by atoms with Crippen molar-refractivity contribution in [3.63, 3.8) is 0 Å². The standard InChI is InChI=1S/C27H24ClN3O5S/c1-16-13-17(2)25(18(3)14-16)36-27-21(26(32)31-37(33,34)24-7-5-6-12-29-24)10-11-22(30-27)20-9-8-19(28)15-23(20)35-4/h5-15H,1-4H3,(H,31,32). The fraction of sp³-hybridized carbons (Fsp3) is 0.148. The Bertz CT molecular complexity index is 1570. The Labute approximate surface area is 220 Å². The molecule has 0 fully saturated rings. The summed E-state index contributed by atoms with van der Waals surface area (Å²) in [6.45, 7) is 5.73. The normalized spacial score (nSPS) is 11.2. The number of rotatable bonds is 7. The van der Waals surface area contributed by atoms with Gasteiger partial charge >= 0.3 is 0 Å². The van der Waals surface area contributed by atoms with Gasteiger partial charge in [0.15, 0.2) is 5.03 Å². The average molecular weight is 538 g/mol. The first-order chi connectivity index (χ1) is 17.6. The molecule has 190 valence electrons. The maximum Gasteiger partial charge on any atom is 0.281 e. The molecule has 0 radical (unpaired) electrons. The number of hydrogen-bond acceptors (Lipinski definition) is 7. The third kappa shape index (κ3) is 5.73. The molecule has 10 heteroatoms. The number of amides is 1. The lowest BCUT2D eigenvalue weighted by molar-refractivity contribution is 0.0978. The van der Waals surface area contributed by atoms with Gasteiger partial charge in [-0.2, -0.15) is 8.42 Å². The maximum atomic E-state index is 13.2. The van der Waals surface area contributed by atoms with E-state index in [0.717, 1.165) is 16.7 Å². The third-order valence-electron chi connectivity index (χ3n) is 5.49. The summed E-state index contributed by atoms with van der Waals surface area (Å²) in [4.78, 5) is 21.6. The molecule has 4 aromatic rings. The van der Waals surface area contributed by atoms with Crippen molar-refractivity contribution in [2.24, 2.45) is 0 Å². The van der Waals surface area contributed by atoms with Crippen LogP contribution in [0.1, 0.15) is 27.0 Å². The Morgan fingerprint density at radius 2 is 1.70 bits per heavy atom. The van der Waals surface area contributed by atoms with Crippen LogP contribution in [-0.2, 0) is 10.0 Å². The van der Waals surface area contributed by atoms with E-state index in [1.807, 2.05) is 32.9 Å². The van der Waals surface area contributed by atoms with Crippen LogP contribution in [0.2, 0.25) is 5.02 Å². The van der Waals surface area contributed by atoms with E-state index in [4.69, 9.17) is 21.1 Å². The highest BCUT2D eigenvalue weighted by Gasteiger charge is 2.25. The maximum absolute atomic E-state index is 13.2. The molecule has 0 aliphatic carbocycles. The molecule has 0 aliphatic rings. The molecule has 2 aromatic carbocycles. The number of hydrogen-bond donors (Lipinski definition) is 1. The molecule has 2 heterocycles. The summed E-state index contributed by atoms with van der Waals surface area (Å²) in [7, 11) is -2.72. The van der Waals surface area contributed by atoms with Gasteiger partial charge in [0.05, 0.1) is 12.8 Å². The second-order valence-electron chi connectivity index (χ2n) is 8.33. The Morgan fingerprint density at radius 3 is 2.35 bits per heavy atom. The molecule has 0 bridgehead atoms. The summed E-state index contributed by atoms with van der Waals surface area (Å²) in [5.41, 5.74) is 3.70. The van der Waals surface area contributed by atoms with Crippen LogP contribution in [0.15, 0.2) is 71.9 Å². The third-order valence-corrected chi connectivity index (χ3v) is 6.97. The van der Waals surface area contributed by atoms with Crippen LogP contribution in [0, 0.1) is 20.8 Å². The van der Waals surface area contributed by atoms with Gasteiger partial charge in [-0.05, 0) is 74.4 Å². The lowest BCUT2D eigenvalue weighted by atomic mass is 10.1. The number of methoxy groups -OCH3 is 1. The van der Waals surface area contributed by atoms with Gasteiger partial charge in [-0.1, -0.05) is 35.4 Å². The Kier molecular flexibility index (Phi) is 7.47. The number of halogens is 1. The van der Waals surface area contributed by atoms with Crippen molar-refractivity contribution in [3.05, 3.63) is 94.1 Å². The summed E-state index contributed by atoms with van der Waals surface area (Å²) in [6.07, 6.45) is 1.33. The Hall–Kier alpha value is -3.95. The van der Waals surface area contributed by atoms with Crippen LogP contribution in [0.25, 0.3) is 11.3 Å². The topological polar surface area (TPSA) is 107 Å². The van der Waals surface area contributed by atoms with Gasteiger partial charge in [0, 0.05) is 16.8 Å². The predicted molar refractivity (Wildman–Crippen MR) is 141 cm³/mol. The molecule has 0 aliphatic heterocycles. The first kappa shape index (κ1) is 26.1. The van der Waals surface area contributed by atoms with E-state index in [9.17, 15) is 13.2 Å². The number of nitrogens with zero attached hydrogens (tertiary/aromatic N) is 2. The van der Waals surface area contributed by atoms with Crippen molar-refractivity contribution in [3.8, 4) is 28.6 Å². The highest BCUT2D eigenvalue weighted by Crippen LogP contribution is 2.36. The Morgan fingerprint density at radius 1 is 0.973 bits per heavy atom. The predicted octanol–water partition coefficient (Wildman–Crippen LogP) is 5.64. The zero-order valence-electron chi connectivity index (χ0n) is 20.6. The van der Waals surface area contributed by atoms with Crippen molar-refractivity contribution in [1.29, 1.82) is 0 Å². The van der Waals surface area contributed by atoms with Gasteiger partial charge in [0.2, 0.25) is 5.88 Å². The van der Waals surface area contributed by atoms with E-state index < -0.39 is 15.9 Å². The second kappa shape index (κ2) is 10.6. The lowest BCUT2D eigenvalue weighted by Crippen LogP contribution is -2.31. The van der Waals surface area contributed by atoms with Crippen LogP contribution >= 0.6 is 11.6 Å². The van der Waals surface area contributed by atoms with Crippen LogP contribution < -0.4 is 14.2 Å². The first-order valence-electron chi connectivity index (χ1n) is 11.2. The number of ether oxygens (including phenoxy) is 2. The molecular weight excluding hydrogens is 514 g/mol. The highest BCUT2D eigenvalue weighted by atomic mass is 35.5. The van der Waals surface area contributed by atoms with Gasteiger partial charge in [-0.3, -0.25) is 4.79 Å². The molecule has 1 amide bonds. The van der Waals surface area contributed by atoms with E-state index in [0.29, 0.717) is 27.8 Å². The molecule has 0 saturated heterocycles. The van der Waals surface area contributed by atoms with Gasteiger partial charge in [-0.25, -0.2) is 14.7 Å². The fourth-order valence-electron chi connectivity index (χ4n) is 3.88. The average Bonchev–Trinajstić information content (AvgIpc) is 2.86. The SMILES string of the molecule is COc1cc(Cl)ccc1-c1ccc(C(=O)NS(=O)(=O)c2ccccn2)c(Oc2c(C)cc(C)cc2C)n1. The zero-order valence-corrected chi connectivity index (χ0v) is 22.1. The summed E-state index contributed by atoms with van der Waals surface area (Å²) in [6, 6.07) is 16.4. The monoisotopic (exact) mass is 537 g/mol. The number of pyridine rings is 2. The number of aryl methyl sites for hydroxylation is 3. The van der Waals surface area contributed by atoms with E-state index in [1.165, 1.54) is 31.5 Å². The summed E-state index contributed by atoms with van der Waals surface area (Å²) in [5, 5.41) is 0.199. The number of benzene rings is 2. The largest absolute Gasteiger partial charge is 0.496 e. The van der Waals surface area contributed by atoms with Crippen LogP contribution in [-0.4, -0.2) is 31.4 Å². The number of sulfonamides is 1. The summed E-state index contributed by atoms with van der Waals surface area (Å²) in [5.74, 6) is 0.00648.